The number of hydrogen-bond acceptors (Lipinski definition) is 4. The molecule has 1 aliphatic heterocycles. The maximum Gasteiger partial charge on any atom is 0.274 e. The van der Waals surface area contributed by atoms with Crippen LogP contribution in [-0.2, 0) is 5.54 Å². The van der Waals surface area contributed by atoms with Crippen molar-refractivity contribution in [1.82, 2.24) is 25.6 Å². The van der Waals surface area contributed by atoms with E-state index in [4.69, 9.17) is 11.6 Å². The second kappa shape index (κ2) is 8.18. The molecule has 1 amide bonds. The van der Waals surface area contributed by atoms with Crippen LogP contribution in [0.2, 0.25) is 5.02 Å². The molecule has 0 atom stereocenters. The normalized spacial score (nSPS) is 15.8. The van der Waals surface area contributed by atoms with Gasteiger partial charge in [0.25, 0.3) is 5.91 Å². The summed E-state index contributed by atoms with van der Waals surface area (Å²) in [6.07, 6.45) is 5.33. The Morgan fingerprint density at radius 2 is 1.92 bits per heavy atom. The van der Waals surface area contributed by atoms with Gasteiger partial charge in [0.1, 0.15) is 0 Å². The summed E-state index contributed by atoms with van der Waals surface area (Å²) >= 11 is 6.01. The molecule has 0 spiro atoms. The molecule has 0 saturated carbocycles. The highest BCUT2D eigenvalue weighted by Gasteiger charge is 2.31. The molecule has 1 aromatic carbocycles. The minimum absolute atomic E-state index is 0.191. The number of nitrogens with zero attached hydrogens (tertiary/aromatic N) is 3. The zero-order valence-corrected chi connectivity index (χ0v) is 16.1. The maximum absolute atomic E-state index is 12.8. The van der Waals surface area contributed by atoms with Crippen LogP contribution < -0.4 is 10.6 Å². The topological polar surface area (TPSA) is 71.8 Å². The van der Waals surface area contributed by atoms with Crippen LogP contribution in [0.5, 0.6) is 0 Å². The molecule has 1 aromatic heterocycles. The van der Waals surface area contributed by atoms with Crippen molar-refractivity contribution in [3.05, 3.63) is 46.7 Å². The molecular formula is C19H26ClN5O. The first-order valence-electron chi connectivity index (χ1n) is 9.29. The third kappa shape index (κ3) is 3.91. The zero-order valence-electron chi connectivity index (χ0n) is 15.3. The van der Waals surface area contributed by atoms with Gasteiger partial charge >= 0.3 is 0 Å². The fraction of sp³-hybridized carbons (Fsp3) is 0.526. The second-order valence-corrected chi connectivity index (χ2v) is 7.25. The smallest absolute Gasteiger partial charge is 0.274 e. The van der Waals surface area contributed by atoms with Gasteiger partial charge in [0, 0.05) is 5.02 Å². The van der Waals surface area contributed by atoms with Gasteiger partial charge in [-0.15, -0.1) is 5.10 Å². The lowest BCUT2D eigenvalue weighted by Crippen LogP contribution is -2.45. The van der Waals surface area contributed by atoms with E-state index in [9.17, 15) is 4.79 Å². The van der Waals surface area contributed by atoms with E-state index in [1.54, 1.807) is 6.20 Å². The average Bonchev–Trinajstić information content (AvgIpc) is 3.18. The van der Waals surface area contributed by atoms with E-state index < -0.39 is 5.54 Å². The van der Waals surface area contributed by atoms with Crippen molar-refractivity contribution in [2.24, 2.45) is 0 Å². The first-order chi connectivity index (χ1) is 12.6. The van der Waals surface area contributed by atoms with Crippen molar-refractivity contribution in [3.63, 3.8) is 0 Å². The van der Waals surface area contributed by atoms with Gasteiger partial charge in [-0.3, -0.25) is 4.79 Å². The van der Waals surface area contributed by atoms with Gasteiger partial charge in [-0.1, -0.05) is 42.8 Å². The van der Waals surface area contributed by atoms with Crippen LogP contribution in [0.1, 0.15) is 61.6 Å². The van der Waals surface area contributed by atoms with E-state index >= 15 is 0 Å². The van der Waals surface area contributed by atoms with Gasteiger partial charge in [0.15, 0.2) is 5.69 Å². The Hall–Kier alpha value is -1.92. The van der Waals surface area contributed by atoms with Crippen molar-refractivity contribution >= 4 is 17.5 Å². The number of hydrogen-bond donors (Lipinski definition) is 2. The van der Waals surface area contributed by atoms with Crippen molar-refractivity contribution in [2.75, 3.05) is 13.1 Å². The Labute approximate surface area is 159 Å². The number of carbonyl (C=O) groups is 1. The number of piperidine rings is 1. The minimum atomic E-state index is -0.444. The number of rotatable bonds is 6. The summed E-state index contributed by atoms with van der Waals surface area (Å²) in [5, 5.41) is 15.5. The van der Waals surface area contributed by atoms with Gasteiger partial charge in [-0.25, -0.2) is 4.68 Å². The highest BCUT2D eigenvalue weighted by molar-refractivity contribution is 6.30. The number of aromatic nitrogens is 3. The first kappa shape index (κ1) is 18.9. The quantitative estimate of drug-likeness (QED) is 0.812. The molecule has 0 unspecified atom stereocenters. The summed E-state index contributed by atoms with van der Waals surface area (Å²) in [4.78, 5) is 12.8. The molecule has 7 heteroatoms. The summed E-state index contributed by atoms with van der Waals surface area (Å²) in [6.45, 7) is 6.09. The van der Waals surface area contributed by atoms with Gasteiger partial charge < -0.3 is 10.6 Å². The van der Waals surface area contributed by atoms with E-state index in [0.717, 1.165) is 44.3 Å². The van der Waals surface area contributed by atoms with Crippen molar-refractivity contribution in [3.8, 4) is 0 Å². The maximum atomic E-state index is 12.8. The molecule has 0 aliphatic carbocycles. The Balaban J connectivity index is 1.78. The summed E-state index contributed by atoms with van der Waals surface area (Å²) in [5.41, 5.74) is 0.968. The van der Waals surface area contributed by atoms with Crippen LogP contribution in [0.3, 0.4) is 0 Å². The number of amides is 1. The molecular weight excluding hydrogens is 350 g/mol. The van der Waals surface area contributed by atoms with E-state index in [1.165, 1.54) is 0 Å². The minimum Gasteiger partial charge on any atom is -0.341 e. The predicted molar refractivity (Wildman–Crippen MR) is 102 cm³/mol. The molecule has 26 heavy (non-hydrogen) atoms. The zero-order chi connectivity index (χ0) is 18.6. The Kier molecular flexibility index (Phi) is 5.94. The third-order valence-electron chi connectivity index (χ3n) is 5.38. The molecule has 6 nitrogen and oxygen atoms in total. The largest absolute Gasteiger partial charge is 0.341 e. The molecule has 140 valence electrons. The highest BCUT2D eigenvalue weighted by Crippen LogP contribution is 2.30. The van der Waals surface area contributed by atoms with E-state index in [-0.39, 0.29) is 5.91 Å². The Morgan fingerprint density at radius 1 is 1.27 bits per heavy atom. The summed E-state index contributed by atoms with van der Waals surface area (Å²) < 4.78 is 1.83. The van der Waals surface area contributed by atoms with Crippen LogP contribution in [0.15, 0.2) is 30.5 Å². The number of benzene rings is 1. The molecule has 2 aromatic rings. The number of carbonyl (C=O) groups excluding carboxylic acids is 1. The fourth-order valence-electron chi connectivity index (χ4n) is 3.59. The van der Waals surface area contributed by atoms with Gasteiger partial charge in [-0.05, 0) is 56.5 Å². The summed E-state index contributed by atoms with van der Waals surface area (Å²) in [5.74, 6) is -0.191. The van der Waals surface area contributed by atoms with Gasteiger partial charge in [-0.2, -0.15) is 0 Å². The summed E-state index contributed by atoms with van der Waals surface area (Å²) in [6, 6.07) is 7.97. The van der Waals surface area contributed by atoms with E-state index in [1.807, 2.05) is 28.9 Å². The number of halogens is 1. The lowest BCUT2D eigenvalue weighted by molar-refractivity contribution is 0.0884. The van der Waals surface area contributed by atoms with Crippen LogP contribution in [-0.4, -0.2) is 34.0 Å². The molecule has 1 aliphatic rings. The highest BCUT2D eigenvalue weighted by atomic mass is 35.5. The monoisotopic (exact) mass is 375 g/mol. The molecule has 0 bridgehead atoms. The van der Waals surface area contributed by atoms with Crippen LogP contribution in [0, 0.1) is 0 Å². The molecule has 1 fully saturated rings. The van der Waals surface area contributed by atoms with Crippen LogP contribution >= 0.6 is 11.6 Å². The summed E-state index contributed by atoms with van der Waals surface area (Å²) in [7, 11) is 0. The number of nitrogens with one attached hydrogen (secondary N) is 2. The molecule has 1 saturated heterocycles. The molecule has 2 N–H and O–H groups in total. The lowest BCUT2D eigenvalue weighted by Gasteiger charge is -2.33. The fourth-order valence-corrected chi connectivity index (χ4v) is 3.71. The van der Waals surface area contributed by atoms with Gasteiger partial charge in [0.05, 0.1) is 17.8 Å². The first-order valence-corrected chi connectivity index (χ1v) is 9.67. The molecule has 2 heterocycles. The third-order valence-corrected chi connectivity index (χ3v) is 5.63. The van der Waals surface area contributed by atoms with Crippen LogP contribution in [0.4, 0.5) is 0 Å². The Morgan fingerprint density at radius 3 is 2.54 bits per heavy atom. The van der Waals surface area contributed by atoms with Crippen molar-refractivity contribution in [1.29, 1.82) is 0 Å². The average molecular weight is 376 g/mol. The van der Waals surface area contributed by atoms with Crippen molar-refractivity contribution < 1.29 is 4.79 Å². The molecule has 3 rings (SSSR count). The second-order valence-electron chi connectivity index (χ2n) is 6.82. The molecule has 0 radical (unpaired) electrons. The standard InChI is InChI=1S/C19H26ClN5O/c1-3-19(4-2,14-5-7-15(20)8-6-14)22-18(26)17-13-25(24-23-17)16-9-11-21-12-10-16/h5-8,13,16,21H,3-4,9-12H2,1-2H3,(H,22,26). The van der Waals surface area contributed by atoms with Crippen molar-refractivity contribution in [2.45, 2.75) is 51.1 Å². The van der Waals surface area contributed by atoms with E-state index in [0.29, 0.717) is 16.8 Å². The Bertz CT molecular complexity index is 733. The van der Waals surface area contributed by atoms with Crippen LogP contribution in [0.25, 0.3) is 0 Å². The predicted octanol–water partition coefficient (Wildman–Crippen LogP) is 3.30. The van der Waals surface area contributed by atoms with E-state index in [2.05, 4.69) is 34.8 Å². The van der Waals surface area contributed by atoms with Gasteiger partial charge in [0.2, 0.25) is 0 Å². The SMILES string of the molecule is CCC(CC)(NC(=O)c1cn(C2CCNCC2)nn1)c1ccc(Cl)cc1. The lowest BCUT2D eigenvalue weighted by atomic mass is 9.84.